The number of piperidine rings is 1. The highest BCUT2D eigenvalue weighted by atomic mass is 79.9. The highest BCUT2D eigenvalue weighted by molar-refractivity contribution is 9.09. The lowest BCUT2D eigenvalue weighted by Crippen LogP contribution is -2.42. The molecule has 1 amide bonds. The monoisotopic (exact) mass is 354 g/mol. The number of hydrogen-bond acceptors (Lipinski definition) is 3. The van der Waals surface area contributed by atoms with E-state index in [9.17, 15) is 13.2 Å². The molecule has 112 valence electrons. The summed E-state index contributed by atoms with van der Waals surface area (Å²) in [5, 5.41) is 0.362. The number of likely N-dealkylation sites (tertiary alicyclic amines) is 1. The lowest BCUT2D eigenvalue weighted by Gasteiger charge is -2.31. The van der Waals surface area contributed by atoms with Crippen LogP contribution in [0.5, 0.6) is 0 Å². The van der Waals surface area contributed by atoms with Gasteiger partial charge in [0, 0.05) is 19.6 Å². The molecule has 1 rings (SSSR count). The summed E-state index contributed by atoms with van der Waals surface area (Å²) < 4.78 is 26.0. The first-order valence-corrected chi connectivity index (χ1v) is 9.57. The van der Waals surface area contributed by atoms with E-state index in [0.717, 1.165) is 32.4 Å². The number of sulfonamides is 1. The van der Waals surface area contributed by atoms with E-state index >= 15 is 0 Å². The zero-order chi connectivity index (χ0) is 14.3. The van der Waals surface area contributed by atoms with Gasteiger partial charge in [-0.05, 0) is 25.2 Å². The normalized spacial score (nSPS) is 17.7. The number of hydrogen-bond donors (Lipinski definition) is 1. The Morgan fingerprint density at radius 2 is 2.00 bits per heavy atom. The Hall–Kier alpha value is -0.140. The van der Waals surface area contributed by atoms with Crippen molar-refractivity contribution in [2.75, 3.05) is 30.7 Å². The molecule has 0 aliphatic carbocycles. The summed E-state index contributed by atoms with van der Waals surface area (Å²) in [5.74, 6) is 0.669. The van der Waals surface area contributed by atoms with E-state index < -0.39 is 10.0 Å². The zero-order valence-electron chi connectivity index (χ0n) is 11.4. The molecule has 1 aliphatic heterocycles. The zero-order valence-corrected chi connectivity index (χ0v) is 13.8. The van der Waals surface area contributed by atoms with E-state index in [0.29, 0.717) is 24.2 Å². The second kappa shape index (κ2) is 8.21. The second-order valence-corrected chi connectivity index (χ2v) is 7.47. The predicted molar refractivity (Wildman–Crippen MR) is 79.8 cm³/mol. The van der Waals surface area contributed by atoms with E-state index in [4.69, 9.17) is 0 Å². The average Bonchev–Trinajstić information content (AvgIpc) is 2.43. The van der Waals surface area contributed by atoms with Crippen molar-refractivity contribution in [1.29, 1.82) is 0 Å². The van der Waals surface area contributed by atoms with Gasteiger partial charge in [-0.2, -0.15) is 0 Å². The van der Waals surface area contributed by atoms with E-state index in [2.05, 4.69) is 20.7 Å². The van der Waals surface area contributed by atoms with Crippen molar-refractivity contribution >= 4 is 31.9 Å². The van der Waals surface area contributed by atoms with E-state index in [1.807, 2.05) is 11.8 Å². The third kappa shape index (κ3) is 6.23. The molecule has 0 bridgehead atoms. The Labute approximate surface area is 124 Å². The lowest BCUT2D eigenvalue weighted by molar-refractivity contribution is -0.129. The third-order valence-electron chi connectivity index (χ3n) is 3.44. The van der Waals surface area contributed by atoms with Gasteiger partial charge in [0.25, 0.3) is 0 Å². The van der Waals surface area contributed by atoms with Crippen LogP contribution in [0.4, 0.5) is 0 Å². The average molecular weight is 355 g/mol. The van der Waals surface area contributed by atoms with Gasteiger partial charge < -0.3 is 4.90 Å². The van der Waals surface area contributed by atoms with Crippen molar-refractivity contribution in [1.82, 2.24) is 9.62 Å². The molecule has 0 radical (unpaired) electrons. The molecule has 0 atom stereocenters. The van der Waals surface area contributed by atoms with E-state index in [1.54, 1.807) is 0 Å². The van der Waals surface area contributed by atoms with Crippen LogP contribution in [0.15, 0.2) is 0 Å². The summed E-state index contributed by atoms with van der Waals surface area (Å²) in [5.41, 5.74) is 0. The fourth-order valence-corrected chi connectivity index (χ4v) is 3.78. The number of halogens is 1. The number of carbonyl (C=O) groups excluding carboxylic acids is 1. The molecule has 5 nitrogen and oxygen atoms in total. The van der Waals surface area contributed by atoms with Crippen LogP contribution in [0, 0.1) is 5.92 Å². The van der Waals surface area contributed by atoms with Gasteiger partial charge in [-0.25, -0.2) is 13.1 Å². The molecule has 7 heteroatoms. The second-order valence-electron chi connectivity index (χ2n) is 4.98. The van der Waals surface area contributed by atoms with Crippen LogP contribution in [0.25, 0.3) is 0 Å². The smallest absolute Gasteiger partial charge is 0.233 e. The fraction of sp³-hybridized carbons (Fsp3) is 0.917. The van der Waals surface area contributed by atoms with Gasteiger partial charge in [0.1, 0.15) is 0 Å². The quantitative estimate of drug-likeness (QED) is 0.701. The Morgan fingerprint density at radius 3 is 2.53 bits per heavy atom. The number of alkyl halides is 1. The first kappa shape index (κ1) is 16.9. The summed E-state index contributed by atoms with van der Waals surface area (Å²) in [4.78, 5) is 13.3. The maximum absolute atomic E-state index is 11.7. The predicted octanol–water partition coefficient (Wildman–Crippen LogP) is 1.34. The van der Waals surface area contributed by atoms with Crippen molar-refractivity contribution in [3.63, 3.8) is 0 Å². The molecule has 0 aromatic carbocycles. The minimum absolute atomic E-state index is 0.113. The standard InChI is InChI=1S/C12H23BrN2O3S/c1-2-3-8-19(17,18)14-10-11-4-6-15(7-5-11)12(16)9-13/h11,14H,2-10H2,1H3. The van der Waals surface area contributed by atoms with Crippen LogP contribution in [-0.2, 0) is 14.8 Å². The molecular weight excluding hydrogens is 332 g/mol. The van der Waals surface area contributed by atoms with Crippen LogP contribution in [0.1, 0.15) is 32.6 Å². The van der Waals surface area contributed by atoms with Crippen molar-refractivity contribution < 1.29 is 13.2 Å². The highest BCUT2D eigenvalue weighted by Crippen LogP contribution is 2.17. The van der Waals surface area contributed by atoms with Gasteiger partial charge >= 0.3 is 0 Å². The molecule has 19 heavy (non-hydrogen) atoms. The Balaban J connectivity index is 2.28. The third-order valence-corrected chi connectivity index (χ3v) is 5.35. The Bertz CT molecular complexity index is 378. The van der Waals surface area contributed by atoms with Crippen LogP contribution in [0.2, 0.25) is 0 Å². The van der Waals surface area contributed by atoms with Crippen LogP contribution < -0.4 is 4.72 Å². The lowest BCUT2D eigenvalue weighted by atomic mass is 9.97. The van der Waals surface area contributed by atoms with Gasteiger partial charge in [-0.1, -0.05) is 29.3 Å². The Morgan fingerprint density at radius 1 is 1.37 bits per heavy atom. The van der Waals surface area contributed by atoms with E-state index in [-0.39, 0.29) is 11.7 Å². The van der Waals surface area contributed by atoms with Crippen molar-refractivity contribution in [3.8, 4) is 0 Å². The maximum Gasteiger partial charge on any atom is 0.233 e. The van der Waals surface area contributed by atoms with Crippen molar-refractivity contribution in [2.24, 2.45) is 5.92 Å². The summed E-state index contributed by atoms with van der Waals surface area (Å²) in [6.45, 7) is 3.94. The molecule has 1 fully saturated rings. The first-order valence-electron chi connectivity index (χ1n) is 6.79. The van der Waals surface area contributed by atoms with Gasteiger partial charge in [0.05, 0.1) is 11.1 Å². The molecule has 1 heterocycles. The van der Waals surface area contributed by atoms with Gasteiger partial charge in [-0.3, -0.25) is 4.79 Å². The number of nitrogens with one attached hydrogen (secondary N) is 1. The van der Waals surface area contributed by atoms with Crippen molar-refractivity contribution in [3.05, 3.63) is 0 Å². The molecule has 0 unspecified atom stereocenters. The fourth-order valence-electron chi connectivity index (χ4n) is 2.12. The number of amides is 1. The first-order chi connectivity index (χ1) is 8.98. The SMILES string of the molecule is CCCCS(=O)(=O)NCC1CCN(C(=O)CBr)CC1. The van der Waals surface area contributed by atoms with Crippen LogP contribution in [-0.4, -0.2) is 49.9 Å². The largest absolute Gasteiger partial charge is 0.342 e. The van der Waals surface area contributed by atoms with Crippen LogP contribution >= 0.6 is 15.9 Å². The molecule has 0 aromatic heterocycles. The maximum atomic E-state index is 11.7. The summed E-state index contributed by atoms with van der Waals surface area (Å²) >= 11 is 3.16. The molecular formula is C12H23BrN2O3S. The number of carbonyl (C=O) groups is 1. The summed E-state index contributed by atoms with van der Waals surface area (Å²) in [7, 11) is -3.12. The topological polar surface area (TPSA) is 66.5 Å². The molecule has 1 aliphatic rings. The molecule has 0 spiro atoms. The van der Waals surface area contributed by atoms with Crippen LogP contribution in [0.3, 0.4) is 0 Å². The molecule has 0 aromatic rings. The number of nitrogens with zero attached hydrogens (tertiary/aromatic N) is 1. The summed E-state index contributed by atoms with van der Waals surface area (Å²) in [6.07, 6.45) is 3.32. The Kier molecular flexibility index (Phi) is 7.31. The van der Waals surface area contributed by atoms with Gasteiger partial charge in [-0.15, -0.1) is 0 Å². The molecule has 1 N–H and O–H groups in total. The minimum atomic E-state index is -3.12. The van der Waals surface area contributed by atoms with E-state index in [1.165, 1.54) is 0 Å². The van der Waals surface area contributed by atoms with Crippen molar-refractivity contribution in [2.45, 2.75) is 32.6 Å². The number of unbranched alkanes of at least 4 members (excludes halogenated alkanes) is 1. The highest BCUT2D eigenvalue weighted by Gasteiger charge is 2.23. The number of rotatable bonds is 7. The van der Waals surface area contributed by atoms with Gasteiger partial charge in [0.15, 0.2) is 0 Å². The minimum Gasteiger partial charge on any atom is -0.342 e. The van der Waals surface area contributed by atoms with Gasteiger partial charge in [0.2, 0.25) is 15.9 Å². The molecule has 0 saturated carbocycles. The summed E-state index contributed by atoms with van der Waals surface area (Å²) in [6, 6.07) is 0. The molecule has 1 saturated heterocycles.